The Morgan fingerprint density at radius 1 is 1.26 bits per heavy atom. The molecule has 0 spiro atoms. The minimum absolute atomic E-state index is 0.0769. The van der Waals surface area contributed by atoms with Gasteiger partial charge in [0.2, 0.25) is 0 Å². The lowest BCUT2D eigenvalue weighted by Crippen LogP contribution is -2.13. The van der Waals surface area contributed by atoms with Crippen molar-refractivity contribution in [2.24, 2.45) is 0 Å². The molecule has 0 aliphatic heterocycles. The predicted octanol–water partition coefficient (Wildman–Crippen LogP) is 2.37. The molecule has 1 heterocycles. The van der Waals surface area contributed by atoms with Crippen LogP contribution in [-0.4, -0.2) is 15.4 Å². The van der Waals surface area contributed by atoms with Gasteiger partial charge < -0.3 is 10.4 Å². The van der Waals surface area contributed by atoms with Crippen LogP contribution in [0.25, 0.3) is 0 Å². The summed E-state index contributed by atoms with van der Waals surface area (Å²) in [6.45, 7) is 3.58. The molecule has 0 unspecified atom stereocenters. The molecule has 2 rings (SSSR count). The van der Waals surface area contributed by atoms with Gasteiger partial charge in [-0.2, -0.15) is 4.37 Å². The van der Waals surface area contributed by atoms with Crippen LogP contribution in [0.4, 0.5) is 0 Å². The standard InChI is InChI=1S/C14H16N2O2S/c1-10-13(9-19-16-10)8-15-7-12-4-2-11(3-5-12)6-14(17)18/h2-5,9,15H,6-8H2,1H3,(H,17,18). The second kappa shape index (κ2) is 6.45. The van der Waals surface area contributed by atoms with Crippen LogP contribution in [0.5, 0.6) is 0 Å². The average molecular weight is 276 g/mol. The van der Waals surface area contributed by atoms with E-state index < -0.39 is 5.97 Å². The number of nitrogens with zero attached hydrogens (tertiary/aromatic N) is 1. The third-order valence-corrected chi connectivity index (χ3v) is 3.64. The average Bonchev–Trinajstić information content (AvgIpc) is 2.77. The second-order valence-electron chi connectivity index (χ2n) is 4.42. The molecule has 0 saturated carbocycles. The normalized spacial score (nSPS) is 10.6. The van der Waals surface area contributed by atoms with E-state index >= 15 is 0 Å². The molecule has 2 aromatic rings. The molecule has 5 heteroatoms. The van der Waals surface area contributed by atoms with Crippen LogP contribution in [0.3, 0.4) is 0 Å². The van der Waals surface area contributed by atoms with Crippen molar-refractivity contribution >= 4 is 17.5 Å². The number of rotatable bonds is 6. The molecule has 0 fully saturated rings. The topological polar surface area (TPSA) is 62.2 Å². The maximum absolute atomic E-state index is 10.6. The first kappa shape index (κ1) is 13.7. The van der Waals surface area contributed by atoms with E-state index in [2.05, 4.69) is 15.1 Å². The summed E-state index contributed by atoms with van der Waals surface area (Å²) in [6, 6.07) is 7.65. The lowest BCUT2D eigenvalue weighted by molar-refractivity contribution is -0.136. The van der Waals surface area contributed by atoms with Crippen LogP contribution in [0.1, 0.15) is 22.4 Å². The van der Waals surface area contributed by atoms with Gasteiger partial charge in [-0.3, -0.25) is 4.79 Å². The molecule has 0 aliphatic rings. The number of carboxylic acid groups (broad SMARTS) is 1. The van der Waals surface area contributed by atoms with Crippen molar-refractivity contribution in [2.45, 2.75) is 26.4 Å². The van der Waals surface area contributed by atoms with E-state index in [-0.39, 0.29) is 6.42 Å². The molecule has 2 N–H and O–H groups in total. The summed E-state index contributed by atoms with van der Waals surface area (Å²) in [7, 11) is 0. The van der Waals surface area contributed by atoms with Gasteiger partial charge in [0.05, 0.1) is 12.1 Å². The number of nitrogens with one attached hydrogen (secondary N) is 1. The number of benzene rings is 1. The van der Waals surface area contributed by atoms with Gasteiger partial charge in [-0.25, -0.2) is 0 Å². The maximum atomic E-state index is 10.6. The molecule has 0 atom stereocenters. The van der Waals surface area contributed by atoms with Crippen LogP contribution >= 0.6 is 11.5 Å². The number of hydrogen-bond acceptors (Lipinski definition) is 4. The summed E-state index contributed by atoms with van der Waals surface area (Å²) < 4.78 is 4.23. The van der Waals surface area contributed by atoms with E-state index in [0.717, 1.165) is 29.9 Å². The molecule has 4 nitrogen and oxygen atoms in total. The van der Waals surface area contributed by atoms with Crippen LogP contribution in [0.15, 0.2) is 29.6 Å². The smallest absolute Gasteiger partial charge is 0.307 e. The first-order valence-corrected chi connectivity index (χ1v) is 6.89. The summed E-state index contributed by atoms with van der Waals surface area (Å²) in [5, 5.41) is 14.1. The van der Waals surface area contributed by atoms with Crippen molar-refractivity contribution in [1.29, 1.82) is 0 Å². The van der Waals surface area contributed by atoms with Gasteiger partial charge in [-0.05, 0) is 35.1 Å². The summed E-state index contributed by atoms with van der Waals surface area (Å²) in [5.41, 5.74) is 4.28. The summed E-state index contributed by atoms with van der Waals surface area (Å²) >= 11 is 1.47. The minimum Gasteiger partial charge on any atom is -0.481 e. The first-order valence-electron chi connectivity index (χ1n) is 6.05. The van der Waals surface area contributed by atoms with E-state index in [4.69, 9.17) is 5.11 Å². The van der Waals surface area contributed by atoms with Crippen LogP contribution in [-0.2, 0) is 24.3 Å². The fourth-order valence-corrected chi connectivity index (χ4v) is 2.48. The zero-order valence-corrected chi connectivity index (χ0v) is 11.5. The Hall–Kier alpha value is -1.72. The van der Waals surface area contributed by atoms with Crippen molar-refractivity contribution in [3.05, 3.63) is 52.0 Å². The van der Waals surface area contributed by atoms with E-state index in [1.54, 1.807) is 0 Å². The highest BCUT2D eigenvalue weighted by atomic mass is 32.1. The van der Waals surface area contributed by atoms with E-state index in [9.17, 15) is 4.79 Å². The number of aliphatic carboxylic acids is 1. The Morgan fingerprint density at radius 2 is 1.95 bits per heavy atom. The third kappa shape index (κ3) is 4.15. The predicted molar refractivity (Wildman–Crippen MR) is 75.2 cm³/mol. The fourth-order valence-electron chi connectivity index (χ4n) is 1.77. The fraction of sp³-hybridized carbons (Fsp3) is 0.286. The molecule has 19 heavy (non-hydrogen) atoms. The van der Waals surface area contributed by atoms with Gasteiger partial charge in [-0.15, -0.1) is 0 Å². The van der Waals surface area contributed by atoms with E-state index in [1.165, 1.54) is 17.1 Å². The SMILES string of the molecule is Cc1nscc1CNCc1ccc(CC(=O)O)cc1. The molecule has 0 radical (unpaired) electrons. The van der Waals surface area contributed by atoms with Crippen molar-refractivity contribution < 1.29 is 9.90 Å². The molecular formula is C14H16N2O2S. The first-order chi connectivity index (χ1) is 9.15. The van der Waals surface area contributed by atoms with Gasteiger partial charge in [0, 0.05) is 18.5 Å². The highest BCUT2D eigenvalue weighted by molar-refractivity contribution is 7.03. The Bertz CT molecular complexity index is 549. The van der Waals surface area contributed by atoms with Crippen molar-refractivity contribution in [3.8, 4) is 0 Å². The highest BCUT2D eigenvalue weighted by Crippen LogP contribution is 2.09. The molecule has 0 aliphatic carbocycles. The lowest BCUT2D eigenvalue weighted by Gasteiger charge is -2.05. The van der Waals surface area contributed by atoms with Gasteiger partial charge in [0.25, 0.3) is 0 Å². The number of hydrogen-bond donors (Lipinski definition) is 2. The van der Waals surface area contributed by atoms with Gasteiger partial charge in [0.15, 0.2) is 0 Å². The highest BCUT2D eigenvalue weighted by Gasteiger charge is 2.02. The van der Waals surface area contributed by atoms with Crippen LogP contribution in [0, 0.1) is 6.92 Å². The monoisotopic (exact) mass is 276 g/mol. The van der Waals surface area contributed by atoms with Crippen molar-refractivity contribution in [3.63, 3.8) is 0 Å². The molecule has 0 amide bonds. The van der Waals surface area contributed by atoms with Gasteiger partial charge >= 0.3 is 5.97 Å². The lowest BCUT2D eigenvalue weighted by atomic mass is 10.1. The van der Waals surface area contributed by atoms with Crippen molar-refractivity contribution in [2.75, 3.05) is 0 Å². The summed E-state index contributed by atoms with van der Waals surface area (Å²) in [5.74, 6) is -0.800. The van der Waals surface area contributed by atoms with Crippen molar-refractivity contribution in [1.82, 2.24) is 9.69 Å². The van der Waals surface area contributed by atoms with E-state index in [1.807, 2.05) is 31.2 Å². The minimum atomic E-state index is -0.800. The molecule has 0 bridgehead atoms. The summed E-state index contributed by atoms with van der Waals surface area (Å²) in [4.78, 5) is 10.6. The van der Waals surface area contributed by atoms with E-state index in [0.29, 0.717) is 0 Å². The maximum Gasteiger partial charge on any atom is 0.307 e. The van der Waals surface area contributed by atoms with Gasteiger partial charge in [-0.1, -0.05) is 24.3 Å². The number of aryl methyl sites for hydroxylation is 1. The molecule has 0 saturated heterocycles. The Labute approximate surface area is 116 Å². The quantitative estimate of drug-likeness (QED) is 0.850. The van der Waals surface area contributed by atoms with Crippen LogP contribution in [0.2, 0.25) is 0 Å². The number of carboxylic acids is 1. The number of carbonyl (C=O) groups is 1. The van der Waals surface area contributed by atoms with Crippen LogP contribution < -0.4 is 5.32 Å². The Balaban J connectivity index is 1.83. The molecule has 1 aromatic carbocycles. The zero-order chi connectivity index (χ0) is 13.7. The Kier molecular flexibility index (Phi) is 4.65. The molecule has 1 aromatic heterocycles. The molecular weight excluding hydrogens is 260 g/mol. The van der Waals surface area contributed by atoms with Gasteiger partial charge in [0.1, 0.15) is 0 Å². The number of aromatic nitrogens is 1. The molecule has 100 valence electrons. The third-order valence-electron chi connectivity index (χ3n) is 2.87. The summed E-state index contributed by atoms with van der Waals surface area (Å²) in [6.07, 6.45) is 0.0769. The second-order valence-corrected chi connectivity index (χ2v) is 5.04. The Morgan fingerprint density at radius 3 is 2.53 bits per heavy atom. The largest absolute Gasteiger partial charge is 0.481 e. The zero-order valence-electron chi connectivity index (χ0n) is 10.7.